The molecule has 3 N–H and O–H groups in total. The molecule has 0 saturated heterocycles. The highest BCUT2D eigenvalue weighted by atomic mass is 16.5. The van der Waals surface area contributed by atoms with Crippen LogP contribution in [-0.2, 0) is 9.53 Å². The fourth-order valence-corrected chi connectivity index (χ4v) is 2.15. The summed E-state index contributed by atoms with van der Waals surface area (Å²) in [4.78, 5) is 37.3. The number of primary amides is 1. The topological polar surface area (TPSA) is 102 Å². The standard InChI is InChI=1S/C19H21N3O4/c1-12(18(24)21-15-9-7-13(8-10-15)17(20)23)26-19(25)14-5-4-6-16(11-14)22(2)3/h4-12H,1-3H3,(H2,20,23)(H,21,24)/t12-/m1/s1. The second-order valence-electron chi connectivity index (χ2n) is 5.92. The first-order valence-electron chi connectivity index (χ1n) is 7.97. The second-order valence-corrected chi connectivity index (χ2v) is 5.92. The molecule has 136 valence electrons. The lowest BCUT2D eigenvalue weighted by Crippen LogP contribution is -2.30. The minimum absolute atomic E-state index is 0.336. The number of ether oxygens (including phenoxy) is 1. The van der Waals surface area contributed by atoms with Crippen molar-refractivity contribution in [2.75, 3.05) is 24.3 Å². The van der Waals surface area contributed by atoms with Gasteiger partial charge in [0.15, 0.2) is 6.10 Å². The van der Waals surface area contributed by atoms with Crippen LogP contribution >= 0.6 is 0 Å². The third-order valence-electron chi connectivity index (χ3n) is 3.69. The van der Waals surface area contributed by atoms with E-state index in [2.05, 4.69) is 5.32 Å². The number of anilines is 2. The number of hydrogen-bond acceptors (Lipinski definition) is 5. The lowest BCUT2D eigenvalue weighted by Gasteiger charge is -2.16. The Kier molecular flexibility index (Phi) is 5.95. The van der Waals surface area contributed by atoms with E-state index in [9.17, 15) is 14.4 Å². The maximum atomic E-state index is 12.2. The lowest BCUT2D eigenvalue weighted by molar-refractivity contribution is -0.123. The van der Waals surface area contributed by atoms with Crippen molar-refractivity contribution in [3.8, 4) is 0 Å². The SMILES string of the molecule is C[C@@H](OC(=O)c1cccc(N(C)C)c1)C(=O)Nc1ccc(C(N)=O)cc1. The van der Waals surface area contributed by atoms with Gasteiger partial charge in [-0.2, -0.15) is 0 Å². The summed E-state index contributed by atoms with van der Waals surface area (Å²) in [5, 5.41) is 2.62. The molecule has 0 aliphatic carbocycles. The highest BCUT2D eigenvalue weighted by molar-refractivity contribution is 5.98. The summed E-state index contributed by atoms with van der Waals surface area (Å²) in [6.45, 7) is 1.49. The van der Waals surface area contributed by atoms with Gasteiger partial charge in [0, 0.05) is 31.0 Å². The molecule has 0 bridgehead atoms. The zero-order valence-corrected chi connectivity index (χ0v) is 14.9. The van der Waals surface area contributed by atoms with Crippen LogP contribution in [-0.4, -0.2) is 38.0 Å². The van der Waals surface area contributed by atoms with Crippen molar-refractivity contribution in [2.24, 2.45) is 5.73 Å². The van der Waals surface area contributed by atoms with Crippen molar-refractivity contribution in [1.29, 1.82) is 0 Å². The van der Waals surface area contributed by atoms with E-state index in [1.807, 2.05) is 25.1 Å². The van der Waals surface area contributed by atoms with Crippen LogP contribution in [0.3, 0.4) is 0 Å². The van der Waals surface area contributed by atoms with E-state index < -0.39 is 23.9 Å². The van der Waals surface area contributed by atoms with E-state index in [1.54, 1.807) is 30.3 Å². The summed E-state index contributed by atoms with van der Waals surface area (Å²) in [5.74, 6) is -1.61. The summed E-state index contributed by atoms with van der Waals surface area (Å²) >= 11 is 0. The Balaban J connectivity index is 1.98. The molecule has 2 aromatic carbocycles. The van der Waals surface area contributed by atoms with Crippen molar-refractivity contribution in [2.45, 2.75) is 13.0 Å². The molecule has 2 aromatic rings. The number of nitrogens with two attached hydrogens (primary N) is 1. The molecule has 26 heavy (non-hydrogen) atoms. The first-order valence-corrected chi connectivity index (χ1v) is 7.97. The Labute approximate surface area is 151 Å². The quantitative estimate of drug-likeness (QED) is 0.772. The van der Waals surface area contributed by atoms with Crippen LogP contribution in [0.5, 0.6) is 0 Å². The van der Waals surface area contributed by atoms with Gasteiger partial charge in [-0.05, 0) is 49.4 Å². The Bertz CT molecular complexity index is 816. The second kappa shape index (κ2) is 8.15. The van der Waals surface area contributed by atoms with E-state index in [4.69, 9.17) is 10.5 Å². The van der Waals surface area contributed by atoms with E-state index in [0.29, 0.717) is 16.8 Å². The minimum atomic E-state index is -0.985. The van der Waals surface area contributed by atoms with Crippen molar-refractivity contribution in [3.05, 3.63) is 59.7 Å². The molecule has 0 unspecified atom stereocenters. The Morgan fingerprint density at radius 1 is 1.04 bits per heavy atom. The first-order chi connectivity index (χ1) is 12.3. The van der Waals surface area contributed by atoms with E-state index in [-0.39, 0.29) is 0 Å². The maximum absolute atomic E-state index is 12.2. The maximum Gasteiger partial charge on any atom is 0.338 e. The van der Waals surface area contributed by atoms with Gasteiger partial charge in [0.1, 0.15) is 0 Å². The molecule has 0 radical (unpaired) electrons. The molecule has 0 spiro atoms. The molecule has 0 aliphatic rings. The summed E-state index contributed by atoms with van der Waals surface area (Å²) in [6.07, 6.45) is -0.985. The molecule has 0 saturated carbocycles. The Hall–Kier alpha value is -3.35. The molecular weight excluding hydrogens is 334 g/mol. The average molecular weight is 355 g/mol. The van der Waals surface area contributed by atoms with Gasteiger partial charge in [-0.1, -0.05) is 6.07 Å². The molecule has 7 nitrogen and oxygen atoms in total. The smallest absolute Gasteiger partial charge is 0.338 e. The average Bonchev–Trinajstić information content (AvgIpc) is 2.62. The van der Waals surface area contributed by atoms with Crippen LogP contribution < -0.4 is 16.0 Å². The summed E-state index contributed by atoms with van der Waals surface area (Å²) in [7, 11) is 3.73. The predicted molar refractivity (Wildman–Crippen MR) is 99.2 cm³/mol. The van der Waals surface area contributed by atoms with Gasteiger partial charge in [-0.3, -0.25) is 9.59 Å². The number of carbonyl (C=O) groups is 3. The highest BCUT2D eigenvalue weighted by Crippen LogP contribution is 2.15. The summed E-state index contributed by atoms with van der Waals surface area (Å²) in [6, 6.07) is 13.0. The highest BCUT2D eigenvalue weighted by Gasteiger charge is 2.19. The molecule has 0 fully saturated rings. The van der Waals surface area contributed by atoms with Crippen molar-refractivity contribution < 1.29 is 19.1 Å². The van der Waals surface area contributed by atoms with Crippen LogP contribution in [0.4, 0.5) is 11.4 Å². The number of amides is 2. The number of esters is 1. The number of nitrogens with zero attached hydrogens (tertiary/aromatic N) is 1. The van der Waals surface area contributed by atoms with Crippen LogP contribution in [0.15, 0.2) is 48.5 Å². The summed E-state index contributed by atoms with van der Waals surface area (Å²) in [5.41, 5.74) is 7.19. The van der Waals surface area contributed by atoms with Gasteiger partial charge >= 0.3 is 5.97 Å². The third-order valence-corrected chi connectivity index (χ3v) is 3.69. The number of nitrogens with one attached hydrogen (secondary N) is 1. The van der Waals surface area contributed by atoms with Crippen LogP contribution in [0.1, 0.15) is 27.6 Å². The van der Waals surface area contributed by atoms with Gasteiger partial charge in [0.25, 0.3) is 5.91 Å². The Morgan fingerprint density at radius 2 is 1.69 bits per heavy atom. The normalized spacial score (nSPS) is 11.3. The van der Waals surface area contributed by atoms with Gasteiger partial charge in [-0.25, -0.2) is 4.79 Å². The molecular formula is C19H21N3O4. The van der Waals surface area contributed by atoms with Gasteiger partial charge in [-0.15, -0.1) is 0 Å². The zero-order valence-electron chi connectivity index (χ0n) is 14.9. The van der Waals surface area contributed by atoms with E-state index in [1.165, 1.54) is 19.1 Å². The molecule has 7 heteroatoms. The number of benzene rings is 2. The predicted octanol–water partition coefficient (Wildman–Crippen LogP) is 2.04. The van der Waals surface area contributed by atoms with Crippen LogP contribution in [0, 0.1) is 0 Å². The van der Waals surface area contributed by atoms with Crippen molar-refractivity contribution >= 4 is 29.2 Å². The zero-order chi connectivity index (χ0) is 19.3. The van der Waals surface area contributed by atoms with E-state index >= 15 is 0 Å². The fraction of sp³-hybridized carbons (Fsp3) is 0.211. The summed E-state index contributed by atoms with van der Waals surface area (Å²) < 4.78 is 5.22. The van der Waals surface area contributed by atoms with Crippen molar-refractivity contribution in [3.63, 3.8) is 0 Å². The first kappa shape index (κ1) is 19.0. The van der Waals surface area contributed by atoms with Crippen molar-refractivity contribution in [1.82, 2.24) is 0 Å². The molecule has 2 rings (SSSR count). The third kappa shape index (κ3) is 4.83. The fourth-order valence-electron chi connectivity index (χ4n) is 2.15. The van der Waals surface area contributed by atoms with Crippen LogP contribution in [0.2, 0.25) is 0 Å². The molecule has 2 amide bonds. The van der Waals surface area contributed by atoms with Gasteiger partial charge in [0.2, 0.25) is 5.91 Å². The monoisotopic (exact) mass is 355 g/mol. The van der Waals surface area contributed by atoms with Gasteiger partial charge in [0.05, 0.1) is 5.56 Å². The largest absolute Gasteiger partial charge is 0.449 e. The van der Waals surface area contributed by atoms with E-state index in [0.717, 1.165) is 5.69 Å². The molecule has 0 aromatic heterocycles. The minimum Gasteiger partial charge on any atom is -0.449 e. The van der Waals surface area contributed by atoms with Crippen LogP contribution in [0.25, 0.3) is 0 Å². The van der Waals surface area contributed by atoms with Gasteiger partial charge < -0.3 is 20.7 Å². The molecule has 0 aliphatic heterocycles. The molecule has 1 atom stereocenters. The Morgan fingerprint density at radius 3 is 2.27 bits per heavy atom. The molecule has 0 heterocycles. The lowest BCUT2D eigenvalue weighted by atomic mass is 10.2. The number of hydrogen-bond donors (Lipinski definition) is 2. The number of carbonyl (C=O) groups excluding carboxylic acids is 3. The number of rotatable bonds is 6.